The number of nitrogens with zero attached hydrogens (tertiary/aromatic N) is 2. The fourth-order valence-electron chi connectivity index (χ4n) is 2.86. The van der Waals surface area contributed by atoms with Crippen molar-refractivity contribution in [1.29, 1.82) is 0 Å². The number of carbonyl (C=O) groups excluding carboxylic acids is 1. The molecule has 128 valence electrons. The van der Waals surface area contributed by atoms with Gasteiger partial charge < -0.3 is 20.3 Å². The van der Waals surface area contributed by atoms with E-state index in [4.69, 9.17) is 22.1 Å². The monoisotopic (exact) mass is 339 g/mol. The zero-order valence-electron chi connectivity index (χ0n) is 13.9. The second-order valence-electron chi connectivity index (χ2n) is 6.14. The lowest BCUT2D eigenvalue weighted by Crippen LogP contribution is -2.42. The lowest BCUT2D eigenvalue weighted by molar-refractivity contribution is 0.0721. The fourth-order valence-corrected chi connectivity index (χ4v) is 3.03. The molecule has 1 saturated heterocycles. The molecule has 0 aromatic heterocycles. The van der Waals surface area contributed by atoms with E-state index in [2.05, 4.69) is 19.0 Å². The Balaban J connectivity index is 2.22. The van der Waals surface area contributed by atoms with Crippen LogP contribution in [0, 0.1) is 0 Å². The molecule has 1 aliphatic rings. The Morgan fingerprint density at radius 2 is 2.22 bits per heavy atom. The molecular formula is C17H26ClN3O2. The number of benzene rings is 1. The molecule has 1 aromatic rings. The van der Waals surface area contributed by atoms with Gasteiger partial charge in [0.15, 0.2) is 0 Å². The fraction of sp³-hybridized carbons (Fsp3) is 0.588. The molecule has 1 amide bonds. The topological polar surface area (TPSA) is 58.8 Å². The first-order valence-electron chi connectivity index (χ1n) is 8.11. The second-order valence-corrected chi connectivity index (χ2v) is 6.58. The van der Waals surface area contributed by atoms with Gasteiger partial charge in [0.25, 0.3) is 5.91 Å². The lowest BCUT2D eigenvalue weighted by Gasteiger charge is -2.29. The van der Waals surface area contributed by atoms with E-state index in [0.717, 1.165) is 32.4 Å². The highest BCUT2D eigenvalue weighted by atomic mass is 35.5. The van der Waals surface area contributed by atoms with Crippen LogP contribution in [0.15, 0.2) is 18.2 Å². The molecule has 1 unspecified atom stereocenters. The molecule has 0 spiro atoms. The van der Waals surface area contributed by atoms with Crippen LogP contribution in [0.25, 0.3) is 0 Å². The van der Waals surface area contributed by atoms with Crippen molar-refractivity contribution < 1.29 is 9.53 Å². The minimum absolute atomic E-state index is 0.0201. The number of rotatable bonds is 5. The maximum Gasteiger partial charge on any atom is 0.257 e. The van der Waals surface area contributed by atoms with E-state index in [9.17, 15) is 4.79 Å². The smallest absolute Gasteiger partial charge is 0.257 e. The molecule has 2 N–H and O–H groups in total. The Morgan fingerprint density at radius 1 is 1.43 bits per heavy atom. The highest BCUT2D eigenvalue weighted by Gasteiger charge is 2.26. The Hall–Kier alpha value is -1.30. The number of likely N-dealkylation sites (N-methyl/N-ethyl adjacent to an activating group) is 1. The van der Waals surface area contributed by atoms with Gasteiger partial charge in [-0.3, -0.25) is 4.79 Å². The van der Waals surface area contributed by atoms with Crippen molar-refractivity contribution in [2.45, 2.75) is 25.3 Å². The quantitative estimate of drug-likeness (QED) is 0.893. The largest absolute Gasteiger partial charge is 0.491 e. The van der Waals surface area contributed by atoms with E-state index < -0.39 is 0 Å². The van der Waals surface area contributed by atoms with Crippen molar-refractivity contribution in [1.82, 2.24) is 9.80 Å². The zero-order chi connectivity index (χ0) is 16.8. The van der Waals surface area contributed by atoms with Crippen LogP contribution in [-0.2, 0) is 0 Å². The Kier molecular flexibility index (Phi) is 6.69. The maximum absolute atomic E-state index is 13.0. The van der Waals surface area contributed by atoms with Crippen LogP contribution >= 0.6 is 11.6 Å². The summed E-state index contributed by atoms with van der Waals surface area (Å²) in [6.45, 7) is 2.28. The first-order chi connectivity index (χ1) is 11.0. The summed E-state index contributed by atoms with van der Waals surface area (Å²) in [6, 6.07) is 5.54. The average Bonchev–Trinajstić information content (AvgIpc) is 2.79. The number of ether oxygens (including phenoxy) is 1. The van der Waals surface area contributed by atoms with Gasteiger partial charge in [0.2, 0.25) is 0 Å². The summed E-state index contributed by atoms with van der Waals surface area (Å²) in [5.74, 6) is 0.531. The summed E-state index contributed by atoms with van der Waals surface area (Å²) < 4.78 is 5.62. The van der Waals surface area contributed by atoms with E-state index in [1.54, 1.807) is 18.2 Å². The summed E-state index contributed by atoms with van der Waals surface area (Å²) in [6.07, 6.45) is 3.27. The van der Waals surface area contributed by atoms with Gasteiger partial charge in [0.05, 0.1) is 5.56 Å². The number of likely N-dealkylation sites (tertiary alicyclic amines) is 1. The van der Waals surface area contributed by atoms with Crippen molar-refractivity contribution in [3.05, 3.63) is 28.8 Å². The molecule has 1 aliphatic heterocycles. The molecular weight excluding hydrogens is 314 g/mol. The Labute approximate surface area is 143 Å². The first-order valence-corrected chi connectivity index (χ1v) is 8.49. The summed E-state index contributed by atoms with van der Waals surface area (Å²) in [5.41, 5.74) is 6.01. The molecule has 5 nitrogen and oxygen atoms in total. The molecule has 0 radical (unpaired) electrons. The van der Waals surface area contributed by atoms with Crippen molar-refractivity contribution in [2.75, 3.05) is 40.3 Å². The zero-order valence-corrected chi connectivity index (χ0v) is 14.7. The van der Waals surface area contributed by atoms with E-state index in [1.165, 1.54) is 0 Å². The molecule has 1 heterocycles. The molecule has 1 aromatic carbocycles. The Bertz CT molecular complexity index is 537. The number of halogens is 1. The minimum atomic E-state index is -0.0201. The van der Waals surface area contributed by atoms with Gasteiger partial charge in [0.1, 0.15) is 12.4 Å². The van der Waals surface area contributed by atoms with Gasteiger partial charge in [-0.25, -0.2) is 0 Å². The number of carbonyl (C=O) groups is 1. The van der Waals surface area contributed by atoms with Crippen molar-refractivity contribution in [2.24, 2.45) is 5.73 Å². The highest BCUT2D eigenvalue weighted by Crippen LogP contribution is 2.26. The van der Waals surface area contributed by atoms with Crippen molar-refractivity contribution in [3.8, 4) is 5.75 Å². The number of hydrogen-bond donors (Lipinski definition) is 1. The van der Waals surface area contributed by atoms with Crippen LogP contribution in [-0.4, -0.2) is 62.1 Å². The van der Waals surface area contributed by atoms with Crippen LogP contribution in [0.5, 0.6) is 5.75 Å². The summed E-state index contributed by atoms with van der Waals surface area (Å²) in [4.78, 5) is 17.1. The standard InChI is InChI=1S/C17H26ClN3O2/c1-20(2)14-5-3-4-9-21(12-14)17(22)15-11-13(18)6-7-16(15)23-10-8-19/h6-7,11,14H,3-5,8-10,12,19H2,1-2H3. The van der Waals surface area contributed by atoms with Crippen LogP contribution in [0.2, 0.25) is 5.02 Å². The highest BCUT2D eigenvalue weighted by molar-refractivity contribution is 6.31. The lowest BCUT2D eigenvalue weighted by atomic mass is 10.1. The van der Waals surface area contributed by atoms with E-state index in [0.29, 0.717) is 35.5 Å². The molecule has 0 saturated carbocycles. The van der Waals surface area contributed by atoms with Crippen molar-refractivity contribution in [3.63, 3.8) is 0 Å². The molecule has 23 heavy (non-hydrogen) atoms. The summed E-state index contributed by atoms with van der Waals surface area (Å²) in [5, 5.41) is 0.535. The van der Waals surface area contributed by atoms with Crippen LogP contribution < -0.4 is 10.5 Å². The first kappa shape index (κ1) is 18.0. The normalized spacial score (nSPS) is 18.8. The predicted molar refractivity (Wildman–Crippen MR) is 93.2 cm³/mol. The molecule has 6 heteroatoms. The molecule has 2 rings (SSSR count). The van der Waals surface area contributed by atoms with Crippen LogP contribution in [0.1, 0.15) is 29.6 Å². The Morgan fingerprint density at radius 3 is 2.91 bits per heavy atom. The molecule has 1 atom stereocenters. The van der Waals surface area contributed by atoms with Gasteiger partial charge in [-0.2, -0.15) is 0 Å². The number of nitrogens with two attached hydrogens (primary N) is 1. The van der Waals surface area contributed by atoms with Gasteiger partial charge in [0, 0.05) is 30.7 Å². The predicted octanol–water partition coefficient (Wildman–Crippen LogP) is 2.23. The number of hydrogen-bond acceptors (Lipinski definition) is 4. The van der Waals surface area contributed by atoms with Crippen LogP contribution in [0.3, 0.4) is 0 Å². The third kappa shape index (κ3) is 4.83. The second kappa shape index (κ2) is 8.52. The SMILES string of the molecule is CN(C)C1CCCCN(C(=O)c2cc(Cl)ccc2OCCN)C1. The van der Waals surface area contributed by atoms with Gasteiger partial charge in [-0.05, 0) is 45.1 Å². The molecule has 1 fully saturated rings. The molecule has 0 bridgehead atoms. The van der Waals surface area contributed by atoms with E-state index >= 15 is 0 Å². The van der Waals surface area contributed by atoms with E-state index in [1.807, 2.05) is 4.90 Å². The third-order valence-corrected chi connectivity index (χ3v) is 4.45. The van der Waals surface area contributed by atoms with Crippen molar-refractivity contribution >= 4 is 17.5 Å². The molecule has 0 aliphatic carbocycles. The summed E-state index contributed by atoms with van der Waals surface area (Å²) in [7, 11) is 4.13. The van der Waals surface area contributed by atoms with Crippen LogP contribution in [0.4, 0.5) is 0 Å². The third-order valence-electron chi connectivity index (χ3n) is 4.21. The minimum Gasteiger partial charge on any atom is -0.491 e. The number of amides is 1. The van der Waals surface area contributed by atoms with E-state index in [-0.39, 0.29) is 5.91 Å². The summed E-state index contributed by atoms with van der Waals surface area (Å²) >= 11 is 6.09. The maximum atomic E-state index is 13.0. The van der Waals surface area contributed by atoms with Gasteiger partial charge >= 0.3 is 0 Å². The van der Waals surface area contributed by atoms with Gasteiger partial charge in [-0.15, -0.1) is 0 Å². The average molecular weight is 340 g/mol. The van der Waals surface area contributed by atoms with Gasteiger partial charge in [-0.1, -0.05) is 18.0 Å².